The van der Waals surface area contributed by atoms with Gasteiger partial charge in [0, 0.05) is 11.8 Å². The van der Waals surface area contributed by atoms with E-state index < -0.39 is 0 Å². The standard InChI is InChI=1S/C11H9NO.Cs.H/c13-11-7-2-1-5-9(11)10-6-3-4-8-12-10;;/h1-8,13H;;/q;+1;-1. The third-order valence-electron chi connectivity index (χ3n) is 1.84. The van der Waals surface area contributed by atoms with Gasteiger partial charge in [-0.15, -0.1) is 0 Å². The van der Waals surface area contributed by atoms with Crippen LogP contribution in [-0.2, 0) is 0 Å². The van der Waals surface area contributed by atoms with Crippen molar-refractivity contribution in [2.45, 2.75) is 0 Å². The fourth-order valence-corrected chi connectivity index (χ4v) is 1.21. The second kappa shape index (κ2) is 5.95. The van der Waals surface area contributed by atoms with Gasteiger partial charge in [-0.2, -0.15) is 0 Å². The molecule has 0 aliphatic heterocycles. The SMILES string of the molecule is Oc1ccccc1-c1ccccn1.[Cs+].[H-]. The molecule has 0 atom stereocenters. The number of hydrogen-bond acceptors (Lipinski definition) is 2. The summed E-state index contributed by atoms with van der Waals surface area (Å²) in [6.45, 7) is 0. The van der Waals surface area contributed by atoms with E-state index in [-0.39, 0.29) is 76.1 Å². The van der Waals surface area contributed by atoms with Gasteiger partial charge in [-0.1, -0.05) is 18.2 Å². The van der Waals surface area contributed by atoms with E-state index >= 15 is 0 Å². The van der Waals surface area contributed by atoms with E-state index in [1.165, 1.54) is 0 Å². The molecule has 2 aromatic rings. The number of rotatable bonds is 1. The van der Waals surface area contributed by atoms with Gasteiger partial charge in [0.1, 0.15) is 5.75 Å². The number of para-hydroxylation sites is 1. The van der Waals surface area contributed by atoms with Crippen molar-refractivity contribution in [3.05, 3.63) is 48.7 Å². The zero-order valence-corrected chi connectivity index (χ0v) is 14.3. The predicted octanol–water partition coefficient (Wildman–Crippen LogP) is -0.429. The number of hydrogen-bond donors (Lipinski definition) is 1. The molecule has 1 aromatic heterocycles. The second-order valence-electron chi connectivity index (χ2n) is 2.73. The zero-order valence-electron chi connectivity index (χ0n) is 9.01. The summed E-state index contributed by atoms with van der Waals surface area (Å²) in [5, 5.41) is 9.52. The molecule has 2 rings (SSSR count). The van der Waals surface area contributed by atoms with Gasteiger partial charge >= 0.3 is 68.9 Å². The van der Waals surface area contributed by atoms with E-state index in [1.807, 2.05) is 30.3 Å². The first-order valence-electron chi connectivity index (χ1n) is 4.07. The van der Waals surface area contributed by atoms with Gasteiger partial charge in [-0.25, -0.2) is 0 Å². The molecule has 0 spiro atoms. The Hall–Kier alpha value is 0.222. The molecular formula is C11H10CsNO. The van der Waals surface area contributed by atoms with Crippen LogP contribution in [-0.4, -0.2) is 10.1 Å². The van der Waals surface area contributed by atoms with E-state index in [1.54, 1.807) is 18.3 Å². The fourth-order valence-electron chi connectivity index (χ4n) is 1.21. The number of aromatic hydroxyl groups is 1. The smallest absolute Gasteiger partial charge is 1.00 e. The molecule has 14 heavy (non-hydrogen) atoms. The van der Waals surface area contributed by atoms with Gasteiger partial charge in [0.2, 0.25) is 0 Å². The molecule has 1 N–H and O–H groups in total. The molecule has 0 amide bonds. The van der Waals surface area contributed by atoms with E-state index in [2.05, 4.69) is 4.98 Å². The Kier molecular flexibility index (Phi) is 5.22. The van der Waals surface area contributed by atoms with E-state index in [4.69, 9.17) is 0 Å². The second-order valence-corrected chi connectivity index (χ2v) is 2.73. The van der Waals surface area contributed by atoms with Crippen LogP contribution in [0.15, 0.2) is 48.7 Å². The van der Waals surface area contributed by atoms with Gasteiger partial charge in [0.25, 0.3) is 0 Å². The van der Waals surface area contributed by atoms with Crippen molar-refractivity contribution in [2.24, 2.45) is 0 Å². The molecule has 0 aliphatic carbocycles. The molecule has 1 heterocycles. The molecule has 2 nitrogen and oxygen atoms in total. The number of phenolic OH excluding ortho intramolecular Hbond substituents is 1. The summed E-state index contributed by atoms with van der Waals surface area (Å²) in [5.41, 5.74) is 1.56. The first-order valence-corrected chi connectivity index (χ1v) is 4.07. The quantitative estimate of drug-likeness (QED) is 0.776. The zero-order chi connectivity index (χ0) is 9.10. The predicted molar refractivity (Wildman–Crippen MR) is 52.4 cm³/mol. The van der Waals surface area contributed by atoms with E-state index in [0.717, 1.165) is 11.3 Å². The number of aromatic nitrogens is 1. The van der Waals surface area contributed by atoms with Crippen LogP contribution in [0.1, 0.15) is 1.43 Å². The van der Waals surface area contributed by atoms with Gasteiger partial charge < -0.3 is 6.53 Å². The Labute approximate surface area is 143 Å². The number of pyridine rings is 1. The van der Waals surface area contributed by atoms with Crippen molar-refractivity contribution >= 4 is 0 Å². The van der Waals surface area contributed by atoms with Crippen LogP contribution in [0.2, 0.25) is 0 Å². The van der Waals surface area contributed by atoms with Crippen LogP contribution in [0.25, 0.3) is 11.3 Å². The monoisotopic (exact) mass is 305 g/mol. The van der Waals surface area contributed by atoms with Crippen molar-refractivity contribution in [2.75, 3.05) is 0 Å². The largest absolute Gasteiger partial charge is 1.00 e. The molecule has 66 valence electrons. The van der Waals surface area contributed by atoms with Gasteiger partial charge in [-0.3, -0.25) is 4.98 Å². The molecule has 0 radical (unpaired) electrons. The van der Waals surface area contributed by atoms with Crippen LogP contribution in [0.5, 0.6) is 5.75 Å². The van der Waals surface area contributed by atoms with Crippen molar-refractivity contribution < 1.29 is 75.4 Å². The fraction of sp³-hybridized carbons (Fsp3) is 0. The van der Waals surface area contributed by atoms with Crippen LogP contribution in [0.4, 0.5) is 0 Å². The Balaban J connectivity index is 0.000000980. The third kappa shape index (κ3) is 2.85. The van der Waals surface area contributed by atoms with Crippen LogP contribution in [0.3, 0.4) is 0 Å². The first kappa shape index (κ1) is 12.3. The minimum Gasteiger partial charge on any atom is -1.00 e. The van der Waals surface area contributed by atoms with Crippen molar-refractivity contribution in [1.29, 1.82) is 0 Å². The summed E-state index contributed by atoms with van der Waals surface area (Å²) in [6, 6.07) is 12.8. The summed E-state index contributed by atoms with van der Waals surface area (Å²) < 4.78 is 0. The van der Waals surface area contributed by atoms with Crippen LogP contribution >= 0.6 is 0 Å². The molecule has 0 saturated carbocycles. The van der Waals surface area contributed by atoms with Crippen LogP contribution in [0, 0.1) is 0 Å². The first-order chi connectivity index (χ1) is 6.38. The molecule has 0 bridgehead atoms. The Morgan fingerprint density at radius 3 is 2.36 bits per heavy atom. The summed E-state index contributed by atoms with van der Waals surface area (Å²) >= 11 is 0. The average Bonchev–Trinajstić information content (AvgIpc) is 2.20. The maximum atomic E-state index is 9.52. The molecular weight excluding hydrogens is 295 g/mol. The minimum absolute atomic E-state index is 0. The number of benzene rings is 1. The normalized spacial score (nSPS) is 9.14. The topological polar surface area (TPSA) is 33.1 Å². The molecule has 3 heteroatoms. The summed E-state index contributed by atoms with van der Waals surface area (Å²) in [7, 11) is 0. The Bertz CT molecular complexity index is 408. The molecule has 0 fully saturated rings. The molecule has 0 unspecified atom stereocenters. The molecule has 1 aromatic carbocycles. The van der Waals surface area contributed by atoms with Crippen molar-refractivity contribution in [1.82, 2.24) is 4.98 Å². The van der Waals surface area contributed by atoms with Gasteiger partial charge in [0.05, 0.1) is 5.69 Å². The molecule has 0 saturated heterocycles. The molecule has 0 aliphatic rings. The van der Waals surface area contributed by atoms with Gasteiger partial charge in [-0.05, 0) is 24.3 Å². The Morgan fingerprint density at radius 1 is 1.00 bits per heavy atom. The number of nitrogens with zero attached hydrogens (tertiary/aromatic N) is 1. The summed E-state index contributed by atoms with van der Waals surface area (Å²) in [4.78, 5) is 4.15. The summed E-state index contributed by atoms with van der Waals surface area (Å²) in [6.07, 6.45) is 1.71. The maximum absolute atomic E-state index is 9.52. The third-order valence-corrected chi connectivity index (χ3v) is 1.84. The minimum atomic E-state index is 0. The average molecular weight is 305 g/mol. The van der Waals surface area contributed by atoms with Crippen molar-refractivity contribution in [3.8, 4) is 17.0 Å². The van der Waals surface area contributed by atoms with Crippen LogP contribution < -0.4 is 68.9 Å². The van der Waals surface area contributed by atoms with Crippen molar-refractivity contribution in [3.63, 3.8) is 0 Å². The van der Waals surface area contributed by atoms with Gasteiger partial charge in [0.15, 0.2) is 0 Å². The Morgan fingerprint density at radius 2 is 1.71 bits per heavy atom. The maximum Gasteiger partial charge on any atom is 1.00 e. The van der Waals surface area contributed by atoms with E-state index in [0.29, 0.717) is 0 Å². The summed E-state index contributed by atoms with van der Waals surface area (Å²) in [5.74, 6) is 0.265. The van der Waals surface area contributed by atoms with E-state index in [9.17, 15) is 5.11 Å². The number of phenols is 1.